The molecule has 6 heteroatoms. The molecule has 6 nitrogen and oxygen atoms in total. The fourth-order valence-corrected chi connectivity index (χ4v) is 5.40. The lowest BCUT2D eigenvalue weighted by Crippen LogP contribution is -2.38. The molecule has 164 valence electrons. The summed E-state index contributed by atoms with van der Waals surface area (Å²) < 4.78 is 5.53. The highest BCUT2D eigenvalue weighted by Gasteiger charge is 2.37. The summed E-state index contributed by atoms with van der Waals surface area (Å²) in [5, 5.41) is 3.50. The Bertz CT molecular complexity index is 941. The van der Waals surface area contributed by atoms with Crippen LogP contribution in [0.1, 0.15) is 44.6 Å². The number of amides is 1. The Morgan fingerprint density at radius 2 is 2.10 bits per heavy atom. The van der Waals surface area contributed by atoms with Gasteiger partial charge in [-0.1, -0.05) is 25.8 Å². The molecule has 3 aliphatic rings. The van der Waals surface area contributed by atoms with Crippen molar-refractivity contribution in [3.05, 3.63) is 42.1 Å². The number of hydrogen-bond acceptors (Lipinski definition) is 5. The molecule has 0 unspecified atom stereocenters. The number of benzene rings is 1. The third-order valence-corrected chi connectivity index (χ3v) is 7.02. The van der Waals surface area contributed by atoms with E-state index >= 15 is 0 Å². The second-order valence-electron chi connectivity index (χ2n) is 8.95. The van der Waals surface area contributed by atoms with E-state index in [0.29, 0.717) is 12.5 Å². The molecule has 0 radical (unpaired) electrons. The average Bonchev–Trinajstić information content (AvgIpc) is 3.20. The van der Waals surface area contributed by atoms with Gasteiger partial charge in [0.2, 0.25) is 5.91 Å². The summed E-state index contributed by atoms with van der Waals surface area (Å²) in [5.74, 6) is 1.75. The fraction of sp³-hybridized carbons (Fsp3) is 0.520. The number of nitrogens with zero attached hydrogens (tertiary/aromatic N) is 3. The number of carbonyl (C=O) groups is 1. The summed E-state index contributed by atoms with van der Waals surface area (Å²) >= 11 is 0. The molecule has 0 spiro atoms. The van der Waals surface area contributed by atoms with Gasteiger partial charge in [-0.25, -0.2) is 4.98 Å². The van der Waals surface area contributed by atoms with Crippen molar-refractivity contribution < 1.29 is 9.53 Å². The van der Waals surface area contributed by atoms with E-state index in [2.05, 4.69) is 46.4 Å². The number of pyridine rings is 1. The van der Waals surface area contributed by atoms with E-state index in [1.54, 1.807) is 6.20 Å². The van der Waals surface area contributed by atoms with E-state index in [0.717, 1.165) is 80.4 Å². The number of nitrogens with one attached hydrogen (secondary N) is 1. The lowest BCUT2D eigenvalue weighted by Gasteiger charge is -2.32. The van der Waals surface area contributed by atoms with Crippen LogP contribution in [0.2, 0.25) is 0 Å². The quantitative estimate of drug-likeness (QED) is 0.775. The van der Waals surface area contributed by atoms with Crippen molar-refractivity contribution in [1.82, 2.24) is 4.98 Å². The molecular formula is C25H32N4O2. The molecule has 1 aromatic carbocycles. The number of carbonyl (C=O) groups excluding carboxylic acids is 1. The van der Waals surface area contributed by atoms with Crippen LogP contribution in [0.5, 0.6) is 0 Å². The first kappa shape index (κ1) is 20.3. The van der Waals surface area contributed by atoms with E-state index < -0.39 is 0 Å². The predicted octanol–water partition coefficient (Wildman–Crippen LogP) is 4.72. The first-order valence-corrected chi connectivity index (χ1v) is 11.7. The van der Waals surface area contributed by atoms with Crippen molar-refractivity contribution in [3.63, 3.8) is 0 Å². The monoisotopic (exact) mass is 420 g/mol. The number of fused-ring (bicyclic) bond motifs is 2. The third-order valence-electron chi connectivity index (χ3n) is 7.02. The molecule has 31 heavy (non-hydrogen) atoms. The molecule has 2 fully saturated rings. The van der Waals surface area contributed by atoms with E-state index in [-0.39, 0.29) is 11.8 Å². The zero-order valence-electron chi connectivity index (χ0n) is 18.3. The molecule has 1 aliphatic carbocycles. The summed E-state index contributed by atoms with van der Waals surface area (Å²) in [6, 6.07) is 10.4. The highest BCUT2D eigenvalue weighted by atomic mass is 16.5. The molecule has 0 bridgehead atoms. The van der Waals surface area contributed by atoms with Crippen molar-refractivity contribution in [2.75, 3.05) is 41.4 Å². The molecule has 2 aliphatic heterocycles. The predicted molar refractivity (Wildman–Crippen MR) is 124 cm³/mol. The zero-order valence-corrected chi connectivity index (χ0v) is 18.3. The van der Waals surface area contributed by atoms with Gasteiger partial charge in [-0.2, -0.15) is 0 Å². The van der Waals surface area contributed by atoms with Gasteiger partial charge < -0.3 is 19.9 Å². The Balaban J connectivity index is 1.53. The number of ether oxygens (including phenoxy) is 1. The van der Waals surface area contributed by atoms with Crippen molar-refractivity contribution >= 4 is 28.8 Å². The van der Waals surface area contributed by atoms with Crippen LogP contribution in [0.25, 0.3) is 0 Å². The molecule has 1 amide bonds. The molecular weight excluding hydrogens is 388 g/mol. The average molecular weight is 421 g/mol. The van der Waals surface area contributed by atoms with E-state index in [9.17, 15) is 4.79 Å². The zero-order chi connectivity index (χ0) is 21.2. The van der Waals surface area contributed by atoms with Crippen molar-refractivity contribution in [2.45, 2.75) is 45.6 Å². The van der Waals surface area contributed by atoms with Crippen molar-refractivity contribution in [2.24, 2.45) is 11.8 Å². The number of aromatic nitrogens is 1. The van der Waals surface area contributed by atoms with Gasteiger partial charge in [0.1, 0.15) is 5.82 Å². The van der Waals surface area contributed by atoms with Crippen molar-refractivity contribution in [1.29, 1.82) is 0 Å². The van der Waals surface area contributed by atoms with Crippen LogP contribution in [0.15, 0.2) is 36.5 Å². The molecule has 3 heterocycles. The Morgan fingerprint density at radius 3 is 2.94 bits per heavy atom. The van der Waals surface area contributed by atoms with Crippen LogP contribution in [-0.2, 0) is 16.1 Å². The summed E-state index contributed by atoms with van der Waals surface area (Å²) in [5.41, 5.74) is 4.13. The minimum absolute atomic E-state index is 0.123. The maximum Gasteiger partial charge on any atom is 0.230 e. The Hall–Kier alpha value is -2.60. The van der Waals surface area contributed by atoms with Gasteiger partial charge in [0.05, 0.1) is 31.1 Å². The second-order valence-corrected chi connectivity index (χ2v) is 8.95. The highest BCUT2D eigenvalue weighted by molar-refractivity contribution is 6.00. The fourth-order valence-electron chi connectivity index (χ4n) is 5.40. The maximum atomic E-state index is 13.9. The molecule has 1 aromatic heterocycles. The summed E-state index contributed by atoms with van der Waals surface area (Å²) in [4.78, 5) is 22.9. The topological polar surface area (TPSA) is 57.7 Å². The Labute approximate surface area is 184 Å². The minimum atomic E-state index is 0.123. The van der Waals surface area contributed by atoms with Gasteiger partial charge in [-0.15, -0.1) is 0 Å². The van der Waals surface area contributed by atoms with Gasteiger partial charge in [0.25, 0.3) is 0 Å². The number of morpholine rings is 1. The Morgan fingerprint density at radius 1 is 1.23 bits per heavy atom. The van der Waals surface area contributed by atoms with Gasteiger partial charge in [0, 0.05) is 36.5 Å². The SMILES string of the molecule is CCC[C@H]1CCC[C@H]1C(=O)N1Cc2cccnc2Nc2ccc(N3CCOCC3)cc21. The van der Waals surface area contributed by atoms with E-state index in [4.69, 9.17) is 4.74 Å². The normalized spacial score (nSPS) is 23.0. The van der Waals surface area contributed by atoms with Gasteiger partial charge in [-0.3, -0.25) is 4.79 Å². The smallest absolute Gasteiger partial charge is 0.230 e. The van der Waals surface area contributed by atoms with Crippen LogP contribution in [0.4, 0.5) is 22.9 Å². The number of hydrogen-bond donors (Lipinski definition) is 1. The standard InChI is InChI=1S/C25H32N4O2/c1-2-5-18-6-3-8-21(18)25(30)29-17-19-7-4-11-26-24(19)27-22-10-9-20(16-23(22)29)28-12-14-31-15-13-28/h4,7,9-11,16,18,21H,2-3,5-6,8,12-15,17H2,1H3,(H,26,27)/t18-,21+/m0/s1. The molecule has 5 rings (SSSR count). The molecule has 2 aromatic rings. The summed E-state index contributed by atoms with van der Waals surface area (Å²) in [6.45, 7) is 6.03. The first-order valence-electron chi connectivity index (χ1n) is 11.7. The molecule has 1 N–H and O–H groups in total. The van der Waals surface area contributed by atoms with Crippen LogP contribution in [0.3, 0.4) is 0 Å². The maximum absolute atomic E-state index is 13.9. The van der Waals surface area contributed by atoms with Gasteiger partial charge >= 0.3 is 0 Å². The largest absolute Gasteiger partial charge is 0.378 e. The van der Waals surface area contributed by atoms with E-state index in [1.807, 2.05) is 11.0 Å². The minimum Gasteiger partial charge on any atom is -0.378 e. The van der Waals surface area contributed by atoms with Gasteiger partial charge in [-0.05, 0) is 49.4 Å². The van der Waals surface area contributed by atoms with Crippen LogP contribution >= 0.6 is 0 Å². The highest BCUT2D eigenvalue weighted by Crippen LogP contribution is 2.42. The summed E-state index contributed by atoms with van der Waals surface area (Å²) in [6.07, 6.45) is 7.42. The van der Waals surface area contributed by atoms with Crippen molar-refractivity contribution in [3.8, 4) is 0 Å². The molecule has 2 atom stereocenters. The van der Waals surface area contributed by atoms with Gasteiger partial charge in [0.15, 0.2) is 0 Å². The van der Waals surface area contributed by atoms with E-state index in [1.165, 1.54) is 6.42 Å². The number of rotatable bonds is 4. The first-order chi connectivity index (χ1) is 15.2. The molecule has 1 saturated heterocycles. The molecule has 1 saturated carbocycles. The third kappa shape index (κ3) is 4.01. The van der Waals surface area contributed by atoms with Crippen LogP contribution in [-0.4, -0.2) is 37.2 Å². The van der Waals surface area contributed by atoms with Crippen LogP contribution < -0.4 is 15.1 Å². The van der Waals surface area contributed by atoms with Crippen LogP contribution in [0, 0.1) is 11.8 Å². The summed E-state index contributed by atoms with van der Waals surface area (Å²) in [7, 11) is 0. The lowest BCUT2D eigenvalue weighted by molar-refractivity contribution is -0.123. The second kappa shape index (κ2) is 8.87. The number of anilines is 4. The lowest BCUT2D eigenvalue weighted by atomic mass is 9.90. The Kier molecular flexibility index (Phi) is 5.81.